The molecule has 0 heterocycles. The minimum Gasteiger partial charge on any atom is -0.494 e. The molecule has 0 saturated carbocycles. The van der Waals surface area contributed by atoms with Crippen LogP contribution in [0.15, 0.2) is 78.1 Å². The number of ether oxygens (including phenoxy) is 5. The molecule has 0 aliphatic heterocycles. The van der Waals surface area contributed by atoms with Crippen LogP contribution in [-0.2, 0) is 35.1 Å². The minimum absolute atomic E-state index is 0.0125. The minimum atomic E-state index is -0.203. The van der Waals surface area contributed by atoms with Crippen LogP contribution in [0.2, 0.25) is 0 Å². The van der Waals surface area contributed by atoms with Crippen molar-refractivity contribution in [2.45, 2.75) is 40.2 Å². The van der Waals surface area contributed by atoms with Gasteiger partial charge in [-0.3, -0.25) is 14.5 Å². The summed E-state index contributed by atoms with van der Waals surface area (Å²) in [4.78, 5) is 26.1. The fourth-order valence-corrected chi connectivity index (χ4v) is 4.35. The fourth-order valence-electron chi connectivity index (χ4n) is 4.25. The third-order valence-electron chi connectivity index (χ3n) is 7.03. The van der Waals surface area contributed by atoms with Crippen molar-refractivity contribution < 1.29 is 33.3 Å². The molecule has 0 fully saturated rings. The summed E-state index contributed by atoms with van der Waals surface area (Å²) < 4.78 is 28.5. The molecule has 9 nitrogen and oxygen atoms in total. The van der Waals surface area contributed by atoms with Gasteiger partial charge in [-0.05, 0) is 38.3 Å². The Bertz CT molecular complexity index is 1190. The number of ketones is 1. The van der Waals surface area contributed by atoms with Crippen LogP contribution in [-0.4, -0.2) is 102 Å². The van der Waals surface area contributed by atoms with E-state index in [2.05, 4.69) is 30.1 Å². The average molecular weight is 673 g/mol. The number of halogens is 1. The number of alkyl halides is 1. The highest BCUT2D eigenvalue weighted by molar-refractivity contribution is 6.27. The molecule has 0 aliphatic rings. The highest BCUT2D eigenvalue weighted by Crippen LogP contribution is 2.13. The third-order valence-corrected chi connectivity index (χ3v) is 7.27. The standard InChI is InChI=1S/C37H53ClN2O7/c1-4-21-43-25-27-45-23-19-40(20-24-46-28-26-44-22-17-39-36(41)29-38)18-16-31(2)10-11-32(3)47-30-33-12-14-35(15-13-33)37(42)34-8-6-5-7-9-34/h5-15H,4,16-30H2,1-3H3,(H,39,41)/b31-10+,32-11+. The molecule has 10 heteroatoms. The Kier molecular flexibility index (Phi) is 22.2. The maximum absolute atomic E-state index is 12.6. The Hall–Kier alpha value is -3.05. The van der Waals surface area contributed by atoms with Gasteiger partial charge in [0.2, 0.25) is 5.91 Å². The van der Waals surface area contributed by atoms with Gasteiger partial charge in [0.15, 0.2) is 5.78 Å². The van der Waals surface area contributed by atoms with Crippen molar-refractivity contribution >= 4 is 23.3 Å². The number of hydrogen-bond acceptors (Lipinski definition) is 8. The number of nitrogens with one attached hydrogen (secondary N) is 1. The van der Waals surface area contributed by atoms with Crippen molar-refractivity contribution in [1.82, 2.24) is 10.2 Å². The number of allylic oxidation sites excluding steroid dienone is 3. The normalized spacial score (nSPS) is 12.0. The van der Waals surface area contributed by atoms with Crippen LogP contribution >= 0.6 is 11.6 Å². The summed E-state index contributed by atoms with van der Waals surface area (Å²) in [6.45, 7) is 14.0. The van der Waals surface area contributed by atoms with E-state index in [4.69, 9.17) is 35.3 Å². The summed E-state index contributed by atoms with van der Waals surface area (Å²) in [7, 11) is 0. The van der Waals surface area contributed by atoms with E-state index in [1.165, 1.54) is 5.57 Å². The fraction of sp³-hybridized carbons (Fsp3) is 0.514. The van der Waals surface area contributed by atoms with Gasteiger partial charge in [0.1, 0.15) is 12.5 Å². The predicted octanol–water partition coefficient (Wildman–Crippen LogP) is 5.81. The Labute approximate surface area is 286 Å². The molecule has 0 aliphatic carbocycles. The number of carbonyl (C=O) groups is 2. The van der Waals surface area contributed by atoms with Gasteiger partial charge in [-0.1, -0.05) is 73.2 Å². The van der Waals surface area contributed by atoms with E-state index in [0.29, 0.717) is 70.5 Å². The van der Waals surface area contributed by atoms with E-state index in [1.807, 2.05) is 67.6 Å². The monoisotopic (exact) mass is 672 g/mol. The Balaban J connectivity index is 1.74. The van der Waals surface area contributed by atoms with E-state index in [0.717, 1.165) is 50.4 Å². The second kappa shape index (κ2) is 26.0. The van der Waals surface area contributed by atoms with Crippen molar-refractivity contribution in [1.29, 1.82) is 0 Å². The first-order valence-corrected chi connectivity index (χ1v) is 17.0. The molecule has 0 bridgehead atoms. The molecular weight excluding hydrogens is 620 g/mol. The molecule has 2 aromatic rings. The Morgan fingerprint density at radius 3 is 1.96 bits per heavy atom. The van der Waals surface area contributed by atoms with Crippen LogP contribution in [0, 0.1) is 0 Å². The van der Waals surface area contributed by atoms with Crippen LogP contribution in [0.25, 0.3) is 0 Å². The summed E-state index contributed by atoms with van der Waals surface area (Å²) in [5, 5.41) is 2.66. The van der Waals surface area contributed by atoms with Gasteiger partial charge in [0, 0.05) is 43.9 Å². The number of rotatable bonds is 27. The maximum Gasteiger partial charge on any atom is 0.235 e. The van der Waals surface area contributed by atoms with Crippen LogP contribution in [0.1, 0.15) is 55.1 Å². The molecule has 47 heavy (non-hydrogen) atoms. The van der Waals surface area contributed by atoms with Crippen molar-refractivity contribution in [3.05, 3.63) is 94.8 Å². The lowest BCUT2D eigenvalue weighted by molar-refractivity contribution is -0.118. The molecule has 0 aromatic heterocycles. The SMILES string of the molecule is CCCOCCOCCN(CCOCCOCCNC(=O)CCl)CC/C(C)=C/C=C(\C)OCc1ccc(C(=O)c2ccccc2)cc1. The Morgan fingerprint density at radius 2 is 1.34 bits per heavy atom. The zero-order valence-corrected chi connectivity index (χ0v) is 29.1. The van der Waals surface area contributed by atoms with Crippen molar-refractivity contribution in [3.8, 4) is 0 Å². The highest BCUT2D eigenvalue weighted by Gasteiger charge is 2.09. The van der Waals surface area contributed by atoms with Gasteiger partial charge in [-0.2, -0.15) is 0 Å². The zero-order chi connectivity index (χ0) is 34.0. The molecule has 0 radical (unpaired) electrons. The first-order chi connectivity index (χ1) is 22.9. The molecule has 2 rings (SSSR count). The van der Waals surface area contributed by atoms with Crippen LogP contribution < -0.4 is 5.32 Å². The number of carbonyl (C=O) groups excluding carboxylic acids is 2. The lowest BCUT2D eigenvalue weighted by Gasteiger charge is -2.22. The molecule has 0 saturated heterocycles. The number of amides is 1. The molecule has 260 valence electrons. The topological polar surface area (TPSA) is 95.6 Å². The molecule has 0 spiro atoms. The zero-order valence-electron chi connectivity index (χ0n) is 28.3. The molecule has 1 N–H and O–H groups in total. The van der Waals surface area contributed by atoms with Crippen molar-refractivity contribution in [2.75, 3.05) is 84.9 Å². The summed E-state index contributed by atoms with van der Waals surface area (Å²) in [5.41, 5.74) is 3.59. The van der Waals surface area contributed by atoms with Gasteiger partial charge in [-0.25, -0.2) is 0 Å². The van der Waals surface area contributed by atoms with E-state index >= 15 is 0 Å². The molecular formula is C37H53ClN2O7. The Morgan fingerprint density at radius 1 is 0.745 bits per heavy atom. The van der Waals surface area contributed by atoms with Gasteiger partial charge in [0.25, 0.3) is 0 Å². The quantitative estimate of drug-likeness (QED) is 0.0418. The van der Waals surface area contributed by atoms with Crippen LogP contribution in [0.3, 0.4) is 0 Å². The molecule has 0 unspecified atom stereocenters. The maximum atomic E-state index is 12.6. The number of nitrogens with zero attached hydrogens (tertiary/aromatic N) is 1. The van der Waals surface area contributed by atoms with Crippen LogP contribution in [0.5, 0.6) is 0 Å². The second-order valence-corrected chi connectivity index (χ2v) is 11.3. The van der Waals surface area contributed by atoms with Crippen molar-refractivity contribution in [3.63, 3.8) is 0 Å². The summed E-state index contributed by atoms with van der Waals surface area (Å²) >= 11 is 5.45. The highest BCUT2D eigenvalue weighted by atomic mass is 35.5. The largest absolute Gasteiger partial charge is 0.494 e. The van der Waals surface area contributed by atoms with Gasteiger partial charge < -0.3 is 29.0 Å². The third kappa shape index (κ3) is 19.4. The van der Waals surface area contributed by atoms with Crippen LogP contribution in [0.4, 0.5) is 0 Å². The summed E-state index contributed by atoms with van der Waals surface area (Å²) in [6.07, 6.45) is 6.00. The van der Waals surface area contributed by atoms with E-state index < -0.39 is 0 Å². The first kappa shape index (κ1) is 40.1. The smallest absolute Gasteiger partial charge is 0.235 e. The average Bonchev–Trinajstić information content (AvgIpc) is 3.10. The lowest BCUT2D eigenvalue weighted by Crippen LogP contribution is -2.32. The summed E-state index contributed by atoms with van der Waals surface area (Å²) in [5.74, 6) is 0.583. The van der Waals surface area contributed by atoms with E-state index in [-0.39, 0.29) is 17.6 Å². The molecule has 1 amide bonds. The number of benzene rings is 2. The predicted molar refractivity (Wildman–Crippen MR) is 187 cm³/mol. The molecule has 0 atom stereocenters. The summed E-state index contributed by atoms with van der Waals surface area (Å²) in [6, 6.07) is 16.9. The van der Waals surface area contributed by atoms with E-state index in [1.54, 1.807) is 0 Å². The van der Waals surface area contributed by atoms with E-state index in [9.17, 15) is 9.59 Å². The van der Waals surface area contributed by atoms with Crippen molar-refractivity contribution in [2.24, 2.45) is 0 Å². The van der Waals surface area contributed by atoms with Gasteiger partial charge in [-0.15, -0.1) is 11.6 Å². The lowest BCUT2D eigenvalue weighted by atomic mass is 10.0. The number of hydrogen-bond donors (Lipinski definition) is 1. The van der Waals surface area contributed by atoms with Gasteiger partial charge in [0.05, 0.1) is 52.0 Å². The molecule has 2 aromatic carbocycles. The van der Waals surface area contributed by atoms with Gasteiger partial charge >= 0.3 is 0 Å². The second-order valence-electron chi connectivity index (χ2n) is 11.0. The first-order valence-electron chi connectivity index (χ1n) is 16.4.